The number of morpholine rings is 1. The normalized spacial score (nSPS) is 27.2. The van der Waals surface area contributed by atoms with Crippen LogP contribution in [0.1, 0.15) is 74.4 Å². The van der Waals surface area contributed by atoms with E-state index in [4.69, 9.17) is 9.72 Å². The van der Waals surface area contributed by atoms with E-state index in [1.54, 1.807) is 0 Å². The highest BCUT2D eigenvalue weighted by molar-refractivity contribution is 5.96. The summed E-state index contributed by atoms with van der Waals surface area (Å²) in [7, 11) is 0. The van der Waals surface area contributed by atoms with Crippen molar-refractivity contribution in [2.24, 2.45) is 11.3 Å². The summed E-state index contributed by atoms with van der Waals surface area (Å²) >= 11 is 0. The zero-order valence-corrected chi connectivity index (χ0v) is 17.7. The van der Waals surface area contributed by atoms with Crippen molar-refractivity contribution in [2.75, 3.05) is 31.6 Å². The molecule has 1 N–H and O–H groups in total. The van der Waals surface area contributed by atoms with E-state index in [2.05, 4.69) is 26.1 Å². The molecule has 4 rings (SSSR count). The Kier molecular flexibility index (Phi) is 5.64. The molecule has 2 aliphatic carbocycles. The van der Waals surface area contributed by atoms with Crippen LogP contribution in [0.25, 0.3) is 0 Å². The third kappa shape index (κ3) is 4.19. The Hall–Kier alpha value is -1.62. The number of amides is 1. The Balaban J connectivity index is 1.58. The lowest BCUT2D eigenvalue weighted by molar-refractivity contribution is 0.0301. The fourth-order valence-electron chi connectivity index (χ4n) is 5.64. The predicted molar refractivity (Wildman–Crippen MR) is 112 cm³/mol. The van der Waals surface area contributed by atoms with Gasteiger partial charge in [-0.2, -0.15) is 0 Å². The van der Waals surface area contributed by atoms with Crippen molar-refractivity contribution >= 4 is 11.7 Å². The Morgan fingerprint density at radius 2 is 1.89 bits per heavy atom. The van der Waals surface area contributed by atoms with Crippen molar-refractivity contribution in [3.05, 3.63) is 22.9 Å². The van der Waals surface area contributed by atoms with Gasteiger partial charge >= 0.3 is 0 Å². The van der Waals surface area contributed by atoms with Gasteiger partial charge in [-0.05, 0) is 67.4 Å². The Labute approximate surface area is 169 Å². The average Bonchev–Trinajstić information content (AvgIpc) is 2.67. The summed E-state index contributed by atoms with van der Waals surface area (Å²) in [5, 5.41) is 3.78. The number of pyridine rings is 1. The van der Waals surface area contributed by atoms with Crippen LogP contribution in [0, 0.1) is 11.3 Å². The number of anilines is 1. The van der Waals surface area contributed by atoms with Crippen LogP contribution in [-0.2, 0) is 17.6 Å². The Bertz CT molecular complexity index is 725. The summed E-state index contributed by atoms with van der Waals surface area (Å²) in [6.07, 6.45) is 9.88. The SMILES string of the molecule is CC1CC(Nc2ncc(C(=O)N3CCOCC3)c3c2CCCC3)CC(C)(C)C1. The van der Waals surface area contributed by atoms with E-state index in [0.717, 1.165) is 36.6 Å². The van der Waals surface area contributed by atoms with E-state index in [0.29, 0.717) is 37.8 Å². The number of fused-ring (bicyclic) bond motifs is 1. The summed E-state index contributed by atoms with van der Waals surface area (Å²) in [5.74, 6) is 1.90. The van der Waals surface area contributed by atoms with Crippen LogP contribution in [0.4, 0.5) is 5.82 Å². The number of nitrogens with one attached hydrogen (secondary N) is 1. The van der Waals surface area contributed by atoms with E-state index in [9.17, 15) is 4.79 Å². The molecule has 5 heteroatoms. The van der Waals surface area contributed by atoms with E-state index >= 15 is 0 Å². The molecule has 154 valence electrons. The number of ether oxygens (including phenoxy) is 1. The number of hydrogen-bond donors (Lipinski definition) is 1. The molecular formula is C23H35N3O2. The van der Waals surface area contributed by atoms with Crippen LogP contribution < -0.4 is 5.32 Å². The van der Waals surface area contributed by atoms with Crippen LogP contribution in [0.5, 0.6) is 0 Å². The fraction of sp³-hybridized carbons (Fsp3) is 0.739. The molecule has 1 saturated carbocycles. The maximum atomic E-state index is 13.1. The number of rotatable bonds is 3. The van der Waals surface area contributed by atoms with Gasteiger partial charge in [0.05, 0.1) is 18.8 Å². The fourth-order valence-corrected chi connectivity index (χ4v) is 5.64. The number of nitrogens with zero attached hydrogens (tertiary/aromatic N) is 2. The quantitative estimate of drug-likeness (QED) is 0.852. The average molecular weight is 386 g/mol. The number of aromatic nitrogens is 1. The van der Waals surface area contributed by atoms with Gasteiger partial charge in [0.15, 0.2) is 0 Å². The third-order valence-corrected chi connectivity index (χ3v) is 6.66. The van der Waals surface area contributed by atoms with Gasteiger partial charge in [-0.25, -0.2) is 4.98 Å². The molecule has 1 aromatic heterocycles. The molecule has 3 aliphatic rings. The van der Waals surface area contributed by atoms with Crippen LogP contribution in [0.2, 0.25) is 0 Å². The lowest BCUT2D eigenvalue weighted by Gasteiger charge is -2.40. The van der Waals surface area contributed by atoms with Crippen molar-refractivity contribution in [3.63, 3.8) is 0 Å². The highest BCUT2D eigenvalue weighted by Gasteiger charge is 2.33. The lowest BCUT2D eigenvalue weighted by Crippen LogP contribution is -2.41. The predicted octanol–water partition coefficient (Wildman–Crippen LogP) is 4.06. The van der Waals surface area contributed by atoms with Gasteiger partial charge in [0.1, 0.15) is 5.82 Å². The summed E-state index contributed by atoms with van der Waals surface area (Å²) in [6, 6.07) is 0.470. The minimum Gasteiger partial charge on any atom is -0.378 e. The van der Waals surface area contributed by atoms with Gasteiger partial charge in [0.2, 0.25) is 0 Å². The van der Waals surface area contributed by atoms with Gasteiger partial charge in [-0.1, -0.05) is 20.8 Å². The monoisotopic (exact) mass is 385 g/mol. The molecule has 0 radical (unpaired) electrons. The van der Waals surface area contributed by atoms with Crippen LogP contribution >= 0.6 is 0 Å². The van der Waals surface area contributed by atoms with Crippen molar-refractivity contribution in [1.29, 1.82) is 0 Å². The van der Waals surface area contributed by atoms with Crippen LogP contribution in [0.3, 0.4) is 0 Å². The van der Waals surface area contributed by atoms with E-state index < -0.39 is 0 Å². The molecule has 0 aromatic carbocycles. The highest BCUT2D eigenvalue weighted by atomic mass is 16.5. The minimum atomic E-state index is 0.132. The van der Waals surface area contributed by atoms with Crippen molar-refractivity contribution in [3.8, 4) is 0 Å². The molecule has 1 amide bonds. The molecule has 2 heterocycles. The first-order chi connectivity index (χ1) is 13.4. The molecule has 5 nitrogen and oxygen atoms in total. The molecule has 1 aliphatic heterocycles. The summed E-state index contributed by atoms with van der Waals surface area (Å²) in [5.41, 5.74) is 3.73. The van der Waals surface area contributed by atoms with Crippen molar-refractivity contribution < 1.29 is 9.53 Å². The molecule has 1 aromatic rings. The molecule has 0 bridgehead atoms. The van der Waals surface area contributed by atoms with Gasteiger partial charge in [-0.3, -0.25) is 4.79 Å². The number of carbonyl (C=O) groups is 1. The summed E-state index contributed by atoms with van der Waals surface area (Å²) in [6.45, 7) is 9.76. The van der Waals surface area contributed by atoms with Crippen LogP contribution in [-0.4, -0.2) is 48.1 Å². The number of carbonyl (C=O) groups excluding carboxylic acids is 1. The molecule has 1 saturated heterocycles. The third-order valence-electron chi connectivity index (χ3n) is 6.66. The topological polar surface area (TPSA) is 54.5 Å². The first-order valence-electron chi connectivity index (χ1n) is 11.1. The maximum absolute atomic E-state index is 13.1. The van der Waals surface area contributed by atoms with E-state index in [1.807, 2.05) is 11.1 Å². The standard InChI is InChI=1S/C23H35N3O2/c1-16-12-17(14-23(2,3)13-16)25-21-19-7-5-4-6-18(19)20(15-24-21)22(27)26-8-10-28-11-9-26/h15-17H,4-14H2,1-3H3,(H,24,25). The van der Waals surface area contributed by atoms with E-state index in [1.165, 1.54) is 36.8 Å². The molecule has 2 atom stereocenters. The summed E-state index contributed by atoms with van der Waals surface area (Å²) < 4.78 is 5.41. The summed E-state index contributed by atoms with van der Waals surface area (Å²) in [4.78, 5) is 19.8. The molecular weight excluding hydrogens is 350 g/mol. The molecule has 2 unspecified atom stereocenters. The van der Waals surface area contributed by atoms with Crippen LogP contribution in [0.15, 0.2) is 6.20 Å². The first-order valence-corrected chi connectivity index (χ1v) is 11.1. The smallest absolute Gasteiger partial charge is 0.255 e. The largest absolute Gasteiger partial charge is 0.378 e. The van der Waals surface area contributed by atoms with Gasteiger partial charge in [0, 0.05) is 25.3 Å². The zero-order chi connectivity index (χ0) is 19.7. The van der Waals surface area contributed by atoms with Crippen molar-refractivity contribution in [1.82, 2.24) is 9.88 Å². The molecule has 28 heavy (non-hydrogen) atoms. The minimum absolute atomic E-state index is 0.132. The zero-order valence-electron chi connectivity index (χ0n) is 17.7. The van der Waals surface area contributed by atoms with Gasteiger partial charge in [-0.15, -0.1) is 0 Å². The second-order valence-electron chi connectivity index (χ2n) is 9.84. The van der Waals surface area contributed by atoms with Gasteiger partial charge < -0.3 is 15.0 Å². The highest BCUT2D eigenvalue weighted by Crippen LogP contribution is 2.40. The molecule has 2 fully saturated rings. The Morgan fingerprint density at radius 1 is 1.18 bits per heavy atom. The maximum Gasteiger partial charge on any atom is 0.255 e. The van der Waals surface area contributed by atoms with Gasteiger partial charge in [0.25, 0.3) is 5.91 Å². The lowest BCUT2D eigenvalue weighted by atomic mass is 9.70. The number of hydrogen-bond acceptors (Lipinski definition) is 4. The Morgan fingerprint density at radius 3 is 2.61 bits per heavy atom. The first kappa shape index (κ1) is 19.7. The van der Waals surface area contributed by atoms with Crippen molar-refractivity contribution in [2.45, 2.75) is 71.8 Å². The molecule has 0 spiro atoms. The second kappa shape index (κ2) is 8.02. The second-order valence-corrected chi connectivity index (χ2v) is 9.84. The van der Waals surface area contributed by atoms with E-state index in [-0.39, 0.29) is 5.91 Å².